The van der Waals surface area contributed by atoms with Crippen LogP contribution >= 0.6 is 46.3 Å². The Morgan fingerprint density at radius 3 is 2.81 bits per heavy atom. The molecule has 0 saturated carbocycles. The second-order valence-corrected chi connectivity index (χ2v) is 9.55. The maximum atomic E-state index is 12.8. The van der Waals surface area contributed by atoms with Crippen molar-refractivity contribution in [3.63, 3.8) is 0 Å². The molecule has 0 aliphatic rings. The van der Waals surface area contributed by atoms with E-state index < -0.39 is 5.25 Å². The van der Waals surface area contributed by atoms with Crippen molar-refractivity contribution in [1.82, 2.24) is 19.7 Å². The summed E-state index contributed by atoms with van der Waals surface area (Å²) in [6, 6.07) is 12.8. The number of nitrogens with one attached hydrogen (secondary N) is 1. The van der Waals surface area contributed by atoms with Crippen LogP contribution in [0, 0.1) is 0 Å². The van der Waals surface area contributed by atoms with Crippen molar-refractivity contribution >= 4 is 57.3 Å². The van der Waals surface area contributed by atoms with Crippen LogP contribution in [0.1, 0.15) is 6.92 Å². The molecule has 0 aliphatic carbocycles. The lowest BCUT2D eigenvalue weighted by Crippen LogP contribution is -2.22. The number of nitrogens with zero attached hydrogens (tertiary/aromatic N) is 4. The molecule has 0 radical (unpaired) electrons. The Kier molecular flexibility index (Phi) is 7.00. The van der Waals surface area contributed by atoms with Gasteiger partial charge in [-0.05, 0) is 31.2 Å². The second-order valence-electron chi connectivity index (χ2n) is 6.57. The van der Waals surface area contributed by atoms with Gasteiger partial charge in [0.1, 0.15) is 12.1 Å². The Morgan fingerprint density at radius 2 is 2.03 bits per heavy atom. The van der Waals surface area contributed by atoms with Crippen LogP contribution in [-0.4, -0.2) is 38.0 Å². The van der Waals surface area contributed by atoms with Gasteiger partial charge in [-0.25, -0.2) is 4.98 Å². The molecule has 0 fully saturated rings. The number of thiazole rings is 1. The van der Waals surface area contributed by atoms with Crippen molar-refractivity contribution in [2.75, 3.05) is 12.4 Å². The van der Waals surface area contributed by atoms with Crippen LogP contribution < -0.4 is 10.1 Å². The molecule has 4 rings (SSSR count). The monoisotopic (exact) mass is 505 g/mol. The van der Waals surface area contributed by atoms with E-state index in [4.69, 9.17) is 27.9 Å². The molecular weight excluding hydrogens is 489 g/mol. The zero-order chi connectivity index (χ0) is 22.7. The van der Waals surface area contributed by atoms with Crippen molar-refractivity contribution in [1.29, 1.82) is 0 Å². The molecule has 1 atom stereocenters. The summed E-state index contributed by atoms with van der Waals surface area (Å²) >= 11 is 14.7. The largest absolute Gasteiger partial charge is 0.495 e. The zero-order valence-electron chi connectivity index (χ0n) is 17.0. The van der Waals surface area contributed by atoms with E-state index in [1.807, 2.05) is 35.7 Å². The molecule has 7 nitrogen and oxygen atoms in total. The first-order valence-corrected chi connectivity index (χ1v) is 11.9. The molecule has 0 bridgehead atoms. The summed E-state index contributed by atoms with van der Waals surface area (Å²) < 4.78 is 7.21. The minimum Gasteiger partial charge on any atom is -0.495 e. The first-order valence-electron chi connectivity index (χ1n) is 9.38. The minimum absolute atomic E-state index is 0.195. The van der Waals surface area contributed by atoms with E-state index in [1.54, 1.807) is 37.1 Å². The van der Waals surface area contributed by atoms with E-state index in [-0.39, 0.29) is 5.91 Å². The molecule has 0 spiro atoms. The summed E-state index contributed by atoms with van der Waals surface area (Å²) in [7, 11) is 1.60. The van der Waals surface area contributed by atoms with Crippen molar-refractivity contribution in [2.45, 2.75) is 17.3 Å². The molecule has 0 saturated heterocycles. The van der Waals surface area contributed by atoms with Gasteiger partial charge in [0.05, 0.1) is 33.8 Å². The summed E-state index contributed by atoms with van der Waals surface area (Å²) in [5, 5.41) is 14.4. The molecule has 164 valence electrons. The first kappa shape index (κ1) is 22.6. The average molecular weight is 506 g/mol. The molecule has 2 aromatic heterocycles. The quantitative estimate of drug-likeness (QED) is 0.318. The van der Waals surface area contributed by atoms with Crippen LogP contribution in [-0.2, 0) is 4.79 Å². The van der Waals surface area contributed by atoms with Crippen LogP contribution in [0.15, 0.2) is 59.3 Å². The number of halogens is 2. The fraction of sp³-hybridized carbons (Fsp3) is 0.143. The molecule has 4 aromatic rings. The van der Waals surface area contributed by atoms with Gasteiger partial charge in [0, 0.05) is 10.9 Å². The maximum Gasteiger partial charge on any atom is 0.239 e. The molecule has 32 heavy (non-hydrogen) atoms. The van der Waals surface area contributed by atoms with Gasteiger partial charge in [-0.1, -0.05) is 53.2 Å². The number of hydrogen-bond donors (Lipinski definition) is 1. The normalized spacial score (nSPS) is 11.9. The van der Waals surface area contributed by atoms with Gasteiger partial charge in [-0.3, -0.25) is 9.36 Å². The smallest absolute Gasteiger partial charge is 0.239 e. The van der Waals surface area contributed by atoms with E-state index >= 15 is 0 Å². The third-order valence-electron chi connectivity index (χ3n) is 4.46. The summed E-state index contributed by atoms with van der Waals surface area (Å²) in [6.07, 6.45) is 1.59. The minimum atomic E-state index is -0.440. The Hall–Kier alpha value is -2.59. The third kappa shape index (κ3) is 4.91. The van der Waals surface area contributed by atoms with Crippen LogP contribution in [0.4, 0.5) is 5.13 Å². The highest BCUT2D eigenvalue weighted by Crippen LogP contribution is 2.32. The number of rotatable bonds is 7. The van der Waals surface area contributed by atoms with Gasteiger partial charge in [-0.2, -0.15) is 0 Å². The standard InChI is InChI=1S/C21H17Cl2N5O2S2/c1-12(32-21-27-24-11-28(21)17-5-3-4-6-18(17)30-2)19(29)26-20-25-16(10-31-20)13-7-8-14(22)15(23)9-13/h3-12H,1-2H3,(H,25,26,29)/t12-/m1/s1. The zero-order valence-corrected chi connectivity index (χ0v) is 20.1. The summed E-state index contributed by atoms with van der Waals surface area (Å²) in [5.41, 5.74) is 2.32. The van der Waals surface area contributed by atoms with Gasteiger partial charge in [0.25, 0.3) is 0 Å². The van der Waals surface area contributed by atoms with Crippen LogP contribution in [0.3, 0.4) is 0 Å². The number of anilines is 1. The van der Waals surface area contributed by atoms with Crippen molar-refractivity contribution < 1.29 is 9.53 Å². The highest BCUT2D eigenvalue weighted by atomic mass is 35.5. The predicted octanol–water partition coefficient (Wildman–Crippen LogP) is 5.83. The van der Waals surface area contributed by atoms with Crippen LogP contribution in [0.5, 0.6) is 5.75 Å². The molecule has 0 aliphatic heterocycles. The number of aromatic nitrogens is 4. The van der Waals surface area contributed by atoms with Crippen molar-refractivity contribution in [3.05, 3.63) is 64.2 Å². The van der Waals surface area contributed by atoms with Gasteiger partial charge >= 0.3 is 0 Å². The highest BCUT2D eigenvalue weighted by Gasteiger charge is 2.21. The average Bonchev–Trinajstić information content (AvgIpc) is 3.45. The van der Waals surface area contributed by atoms with E-state index in [2.05, 4.69) is 20.5 Å². The summed E-state index contributed by atoms with van der Waals surface area (Å²) in [4.78, 5) is 17.3. The first-order chi connectivity index (χ1) is 15.5. The lowest BCUT2D eigenvalue weighted by atomic mass is 10.2. The summed E-state index contributed by atoms with van der Waals surface area (Å²) in [6.45, 7) is 1.80. The van der Waals surface area contributed by atoms with Crippen LogP contribution in [0.2, 0.25) is 10.0 Å². The number of ether oxygens (including phenoxy) is 1. The summed E-state index contributed by atoms with van der Waals surface area (Å²) in [5.74, 6) is 0.489. The van der Waals surface area contributed by atoms with Gasteiger partial charge in [-0.15, -0.1) is 21.5 Å². The van der Waals surface area contributed by atoms with Crippen LogP contribution in [0.25, 0.3) is 16.9 Å². The number of carbonyl (C=O) groups is 1. The fourth-order valence-corrected chi connectivity index (χ4v) is 4.69. The van der Waals surface area contributed by atoms with E-state index in [0.717, 1.165) is 11.3 Å². The third-order valence-corrected chi connectivity index (χ3v) is 7.02. The fourth-order valence-electron chi connectivity index (χ4n) is 2.84. The number of amides is 1. The number of hydrogen-bond acceptors (Lipinski definition) is 7. The van der Waals surface area contributed by atoms with Gasteiger partial charge in [0.2, 0.25) is 5.91 Å². The van der Waals surface area contributed by atoms with Crippen molar-refractivity contribution in [3.8, 4) is 22.7 Å². The SMILES string of the molecule is COc1ccccc1-n1cnnc1S[C@H](C)C(=O)Nc1nc(-c2ccc(Cl)c(Cl)c2)cs1. The molecule has 0 unspecified atom stereocenters. The Labute approximate surface area is 202 Å². The van der Waals surface area contributed by atoms with Gasteiger partial charge < -0.3 is 10.1 Å². The molecule has 1 N–H and O–H groups in total. The number of thioether (sulfide) groups is 1. The highest BCUT2D eigenvalue weighted by molar-refractivity contribution is 8.00. The lowest BCUT2D eigenvalue weighted by Gasteiger charge is -2.13. The van der Waals surface area contributed by atoms with E-state index in [0.29, 0.717) is 31.8 Å². The number of methoxy groups -OCH3 is 1. The molecule has 11 heteroatoms. The topological polar surface area (TPSA) is 81.9 Å². The second kappa shape index (κ2) is 9.91. The molecule has 1 amide bonds. The number of para-hydroxylation sites is 2. The maximum absolute atomic E-state index is 12.8. The Morgan fingerprint density at radius 1 is 1.22 bits per heavy atom. The van der Waals surface area contributed by atoms with Gasteiger partial charge in [0.15, 0.2) is 10.3 Å². The Balaban J connectivity index is 1.45. The van der Waals surface area contributed by atoms with E-state index in [1.165, 1.54) is 23.1 Å². The molecule has 2 heterocycles. The predicted molar refractivity (Wildman–Crippen MR) is 129 cm³/mol. The number of benzene rings is 2. The Bertz CT molecular complexity index is 1260. The van der Waals surface area contributed by atoms with E-state index in [9.17, 15) is 4.79 Å². The van der Waals surface area contributed by atoms with Crippen molar-refractivity contribution in [2.24, 2.45) is 0 Å². The molecular formula is C21H17Cl2N5O2S2. The lowest BCUT2D eigenvalue weighted by molar-refractivity contribution is -0.115. The number of carbonyl (C=O) groups excluding carboxylic acids is 1. The molecule has 2 aromatic carbocycles.